The van der Waals surface area contributed by atoms with E-state index < -0.39 is 0 Å². The van der Waals surface area contributed by atoms with Crippen molar-refractivity contribution < 1.29 is 9.47 Å². The lowest BCUT2D eigenvalue weighted by atomic mass is 9.99. The summed E-state index contributed by atoms with van der Waals surface area (Å²) in [5.74, 6) is 1.82. The molecule has 0 radical (unpaired) electrons. The first-order valence-corrected chi connectivity index (χ1v) is 9.10. The van der Waals surface area contributed by atoms with E-state index >= 15 is 0 Å². The maximum absolute atomic E-state index is 6.23. The van der Waals surface area contributed by atoms with Crippen molar-refractivity contribution in [1.29, 1.82) is 0 Å². The largest absolute Gasteiger partial charge is 0.490 e. The lowest BCUT2D eigenvalue weighted by molar-refractivity contribution is 0.220. The molecule has 0 unspecified atom stereocenters. The molecule has 4 rings (SSSR count). The highest BCUT2D eigenvalue weighted by atomic mass is 16.5. The molecule has 0 saturated carbocycles. The molecule has 0 aliphatic heterocycles. The third kappa shape index (κ3) is 3.36. The zero-order chi connectivity index (χ0) is 17.8. The van der Waals surface area contributed by atoms with Crippen LogP contribution in [0, 0.1) is 0 Å². The summed E-state index contributed by atoms with van der Waals surface area (Å²) in [6, 6.07) is 27.1. The van der Waals surface area contributed by atoms with Crippen molar-refractivity contribution in [3.8, 4) is 11.5 Å². The van der Waals surface area contributed by atoms with Crippen LogP contribution >= 0.6 is 0 Å². The smallest absolute Gasteiger partial charge is 0.135 e. The minimum Gasteiger partial charge on any atom is -0.490 e. The predicted octanol–water partition coefficient (Wildman–Crippen LogP) is 6.01. The number of fused-ring (bicyclic) bond motifs is 2. The molecular weight excluding hydrogens is 320 g/mol. The van der Waals surface area contributed by atoms with E-state index in [1.165, 1.54) is 21.7 Å². The third-order valence-corrected chi connectivity index (χ3v) is 4.63. The minimum absolute atomic E-state index is 0.508. The number of hydrogen-bond acceptors (Lipinski definition) is 2. The molecule has 130 valence electrons. The molecule has 0 N–H and O–H groups in total. The predicted molar refractivity (Wildman–Crippen MR) is 108 cm³/mol. The van der Waals surface area contributed by atoms with Crippen molar-refractivity contribution >= 4 is 21.5 Å². The topological polar surface area (TPSA) is 18.5 Å². The van der Waals surface area contributed by atoms with Crippen LogP contribution in [0.5, 0.6) is 11.5 Å². The van der Waals surface area contributed by atoms with E-state index in [0.717, 1.165) is 23.3 Å². The first kappa shape index (κ1) is 16.5. The van der Waals surface area contributed by atoms with Gasteiger partial charge >= 0.3 is 0 Å². The number of rotatable bonds is 6. The van der Waals surface area contributed by atoms with Gasteiger partial charge in [0.05, 0.1) is 0 Å². The van der Waals surface area contributed by atoms with Crippen LogP contribution in [-0.2, 0) is 6.42 Å². The molecule has 0 aromatic heterocycles. The van der Waals surface area contributed by atoms with Crippen molar-refractivity contribution in [3.05, 3.63) is 84.4 Å². The Hall–Kier alpha value is -3.00. The van der Waals surface area contributed by atoms with Crippen molar-refractivity contribution in [2.45, 2.75) is 13.3 Å². The molecule has 0 spiro atoms. The SMILES string of the molecule is CCc1ccc2cc3ccccc3c(OCCOc3ccccc3)c2c1. The number of ether oxygens (including phenoxy) is 2. The van der Waals surface area contributed by atoms with Gasteiger partial charge in [0.2, 0.25) is 0 Å². The highest BCUT2D eigenvalue weighted by Gasteiger charge is 2.09. The standard InChI is InChI=1S/C24H22O2/c1-2-18-12-13-20-17-19-8-6-7-11-22(19)24(23(20)16-18)26-15-14-25-21-9-4-3-5-10-21/h3-13,16-17H,2,14-15H2,1H3. The van der Waals surface area contributed by atoms with Crippen molar-refractivity contribution in [2.75, 3.05) is 13.2 Å². The van der Waals surface area contributed by atoms with Crippen LogP contribution in [0.2, 0.25) is 0 Å². The fourth-order valence-electron chi connectivity index (χ4n) is 3.26. The highest BCUT2D eigenvalue weighted by molar-refractivity contribution is 6.05. The van der Waals surface area contributed by atoms with Crippen molar-refractivity contribution in [3.63, 3.8) is 0 Å². The fourth-order valence-corrected chi connectivity index (χ4v) is 3.26. The monoisotopic (exact) mass is 342 g/mol. The zero-order valence-corrected chi connectivity index (χ0v) is 14.9. The molecule has 26 heavy (non-hydrogen) atoms. The second kappa shape index (κ2) is 7.49. The van der Waals surface area contributed by atoms with E-state index in [-0.39, 0.29) is 0 Å². The summed E-state index contributed by atoms with van der Waals surface area (Å²) in [6.45, 7) is 3.20. The molecule has 0 amide bonds. The Bertz CT molecular complexity index is 1020. The number of benzene rings is 4. The van der Waals surface area contributed by atoms with E-state index in [0.29, 0.717) is 13.2 Å². The van der Waals surface area contributed by atoms with Gasteiger partial charge in [-0.15, -0.1) is 0 Å². The van der Waals surface area contributed by atoms with E-state index in [9.17, 15) is 0 Å². The van der Waals surface area contributed by atoms with Crippen LogP contribution in [-0.4, -0.2) is 13.2 Å². The van der Waals surface area contributed by atoms with E-state index in [1.807, 2.05) is 30.3 Å². The van der Waals surface area contributed by atoms with Gasteiger partial charge in [-0.3, -0.25) is 0 Å². The minimum atomic E-state index is 0.508. The molecule has 0 saturated heterocycles. The zero-order valence-electron chi connectivity index (χ0n) is 14.9. The Morgan fingerprint density at radius 3 is 2.23 bits per heavy atom. The van der Waals surface area contributed by atoms with Gasteiger partial charge in [0.25, 0.3) is 0 Å². The van der Waals surface area contributed by atoms with Gasteiger partial charge in [-0.05, 0) is 47.0 Å². The Kier molecular flexibility index (Phi) is 4.74. The summed E-state index contributed by atoms with van der Waals surface area (Å²) in [5.41, 5.74) is 1.32. The second-order valence-corrected chi connectivity index (χ2v) is 6.35. The van der Waals surface area contributed by atoms with Crippen LogP contribution in [0.15, 0.2) is 78.9 Å². The Morgan fingerprint density at radius 1 is 0.654 bits per heavy atom. The Balaban J connectivity index is 1.64. The van der Waals surface area contributed by atoms with Gasteiger partial charge in [-0.2, -0.15) is 0 Å². The van der Waals surface area contributed by atoms with Gasteiger partial charge in [0, 0.05) is 10.8 Å². The highest BCUT2D eigenvalue weighted by Crippen LogP contribution is 2.35. The van der Waals surface area contributed by atoms with Crippen LogP contribution in [0.3, 0.4) is 0 Å². The molecular formula is C24H22O2. The number of para-hydroxylation sites is 1. The van der Waals surface area contributed by atoms with Crippen LogP contribution in [0.25, 0.3) is 21.5 Å². The molecule has 2 heteroatoms. The number of hydrogen-bond donors (Lipinski definition) is 0. The maximum Gasteiger partial charge on any atom is 0.135 e. The molecule has 4 aromatic rings. The van der Waals surface area contributed by atoms with Crippen LogP contribution in [0.4, 0.5) is 0 Å². The lowest BCUT2D eigenvalue weighted by Gasteiger charge is -2.14. The summed E-state index contributed by atoms with van der Waals surface area (Å²) >= 11 is 0. The van der Waals surface area contributed by atoms with Gasteiger partial charge in [-0.1, -0.05) is 61.5 Å². The van der Waals surface area contributed by atoms with Crippen LogP contribution in [0.1, 0.15) is 12.5 Å². The quantitative estimate of drug-likeness (QED) is 0.315. The summed E-state index contributed by atoms with van der Waals surface area (Å²) in [6.07, 6.45) is 1.01. The molecule has 0 heterocycles. The van der Waals surface area contributed by atoms with Gasteiger partial charge < -0.3 is 9.47 Å². The van der Waals surface area contributed by atoms with E-state index in [1.54, 1.807) is 0 Å². The van der Waals surface area contributed by atoms with E-state index in [2.05, 4.69) is 55.5 Å². The van der Waals surface area contributed by atoms with Crippen LogP contribution < -0.4 is 9.47 Å². The maximum atomic E-state index is 6.23. The van der Waals surface area contributed by atoms with Gasteiger partial charge in [0.1, 0.15) is 24.7 Å². The fraction of sp³-hybridized carbons (Fsp3) is 0.167. The first-order valence-electron chi connectivity index (χ1n) is 9.10. The average molecular weight is 342 g/mol. The molecule has 0 bridgehead atoms. The summed E-state index contributed by atoms with van der Waals surface area (Å²) in [5, 5.41) is 4.72. The lowest BCUT2D eigenvalue weighted by Crippen LogP contribution is -2.09. The Labute approximate surface area is 154 Å². The third-order valence-electron chi connectivity index (χ3n) is 4.63. The number of aryl methyl sites for hydroxylation is 1. The first-order chi connectivity index (χ1) is 12.8. The molecule has 0 aliphatic rings. The average Bonchev–Trinajstić information content (AvgIpc) is 2.71. The molecule has 2 nitrogen and oxygen atoms in total. The van der Waals surface area contributed by atoms with E-state index in [4.69, 9.17) is 9.47 Å². The molecule has 4 aromatic carbocycles. The van der Waals surface area contributed by atoms with Gasteiger partial charge in [-0.25, -0.2) is 0 Å². The molecule has 0 fully saturated rings. The summed E-state index contributed by atoms with van der Waals surface area (Å²) in [4.78, 5) is 0. The second-order valence-electron chi connectivity index (χ2n) is 6.35. The summed E-state index contributed by atoms with van der Waals surface area (Å²) in [7, 11) is 0. The normalized spacial score (nSPS) is 11.0. The van der Waals surface area contributed by atoms with Gasteiger partial charge in [0.15, 0.2) is 0 Å². The molecule has 0 atom stereocenters. The Morgan fingerprint density at radius 2 is 1.38 bits per heavy atom. The summed E-state index contributed by atoms with van der Waals surface area (Å²) < 4.78 is 12.0. The molecule has 0 aliphatic carbocycles. The van der Waals surface area contributed by atoms with Crippen molar-refractivity contribution in [1.82, 2.24) is 0 Å². The van der Waals surface area contributed by atoms with Crippen molar-refractivity contribution in [2.24, 2.45) is 0 Å².